The number of hydrogen-bond acceptors (Lipinski definition) is 3. The molecule has 0 bridgehead atoms. The molecule has 0 amide bonds. The summed E-state index contributed by atoms with van der Waals surface area (Å²) in [7, 11) is 0. The molecule has 19 heavy (non-hydrogen) atoms. The summed E-state index contributed by atoms with van der Waals surface area (Å²) >= 11 is 1.85. The Balaban J connectivity index is 1.98. The molecule has 98 valence electrons. The van der Waals surface area contributed by atoms with Crippen LogP contribution in [0.1, 0.15) is 29.8 Å². The zero-order valence-corrected chi connectivity index (χ0v) is 11.7. The van der Waals surface area contributed by atoms with E-state index in [1.165, 1.54) is 20.5 Å². The van der Waals surface area contributed by atoms with Gasteiger partial charge in [0.15, 0.2) is 0 Å². The highest BCUT2D eigenvalue weighted by molar-refractivity contribution is 7.19. The van der Waals surface area contributed by atoms with Crippen LogP contribution in [0.15, 0.2) is 53.3 Å². The maximum atomic E-state index is 5.24. The van der Waals surface area contributed by atoms with Crippen LogP contribution >= 0.6 is 11.3 Å². The summed E-state index contributed by atoms with van der Waals surface area (Å²) in [6, 6.07) is 13.1. The molecule has 1 aromatic carbocycles. The first-order chi connectivity index (χ1) is 9.38. The third-order valence-electron chi connectivity index (χ3n) is 3.20. The van der Waals surface area contributed by atoms with Crippen LogP contribution < -0.4 is 5.32 Å². The topological polar surface area (TPSA) is 25.2 Å². The third-order valence-corrected chi connectivity index (χ3v) is 4.39. The van der Waals surface area contributed by atoms with Crippen LogP contribution in [0.2, 0.25) is 0 Å². The Morgan fingerprint density at radius 2 is 2.16 bits per heavy atom. The van der Waals surface area contributed by atoms with Crippen molar-refractivity contribution in [3.8, 4) is 0 Å². The van der Waals surface area contributed by atoms with Gasteiger partial charge in [-0.2, -0.15) is 0 Å². The van der Waals surface area contributed by atoms with Crippen molar-refractivity contribution in [2.75, 3.05) is 6.54 Å². The van der Waals surface area contributed by atoms with Gasteiger partial charge in [-0.15, -0.1) is 11.3 Å². The van der Waals surface area contributed by atoms with Crippen molar-refractivity contribution in [2.45, 2.75) is 19.4 Å². The van der Waals surface area contributed by atoms with Crippen molar-refractivity contribution < 1.29 is 4.42 Å². The fourth-order valence-electron chi connectivity index (χ4n) is 2.26. The van der Waals surface area contributed by atoms with Gasteiger partial charge in [-0.3, -0.25) is 0 Å². The van der Waals surface area contributed by atoms with Crippen molar-refractivity contribution in [3.05, 3.63) is 59.4 Å². The van der Waals surface area contributed by atoms with Gasteiger partial charge in [0, 0.05) is 15.1 Å². The van der Waals surface area contributed by atoms with Gasteiger partial charge < -0.3 is 9.73 Å². The largest absolute Gasteiger partial charge is 0.472 e. The Morgan fingerprint density at radius 3 is 2.89 bits per heavy atom. The van der Waals surface area contributed by atoms with E-state index in [-0.39, 0.29) is 6.04 Å². The van der Waals surface area contributed by atoms with Crippen molar-refractivity contribution in [1.82, 2.24) is 5.32 Å². The van der Waals surface area contributed by atoms with Crippen LogP contribution in [-0.2, 0) is 0 Å². The van der Waals surface area contributed by atoms with Gasteiger partial charge in [0.25, 0.3) is 0 Å². The van der Waals surface area contributed by atoms with Gasteiger partial charge in [-0.1, -0.05) is 25.1 Å². The lowest BCUT2D eigenvalue weighted by Gasteiger charge is -2.15. The maximum Gasteiger partial charge on any atom is 0.0954 e. The fourth-order valence-corrected chi connectivity index (χ4v) is 3.42. The molecule has 0 aliphatic heterocycles. The zero-order chi connectivity index (χ0) is 13.1. The predicted molar refractivity (Wildman–Crippen MR) is 80.7 cm³/mol. The van der Waals surface area contributed by atoms with E-state index in [1.54, 1.807) is 6.26 Å². The monoisotopic (exact) mass is 271 g/mol. The molecule has 2 nitrogen and oxygen atoms in total. The number of benzene rings is 1. The molecule has 1 atom stereocenters. The van der Waals surface area contributed by atoms with E-state index in [0.717, 1.165) is 13.0 Å². The highest BCUT2D eigenvalue weighted by Gasteiger charge is 2.16. The SMILES string of the molecule is CCCNC(c1ccoc1)c1cc2ccccc2s1. The number of fused-ring (bicyclic) bond motifs is 1. The summed E-state index contributed by atoms with van der Waals surface area (Å²) in [6.07, 6.45) is 4.69. The van der Waals surface area contributed by atoms with Crippen molar-refractivity contribution in [3.63, 3.8) is 0 Å². The Labute approximate surface area is 117 Å². The summed E-state index contributed by atoms with van der Waals surface area (Å²) in [6.45, 7) is 3.19. The molecular formula is C16H17NOS. The highest BCUT2D eigenvalue weighted by Crippen LogP contribution is 2.33. The average molecular weight is 271 g/mol. The summed E-state index contributed by atoms with van der Waals surface area (Å²) < 4.78 is 6.57. The molecule has 2 heterocycles. The van der Waals surface area contributed by atoms with Gasteiger partial charge >= 0.3 is 0 Å². The molecule has 0 saturated heterocycles. The van der Waals surface area contributed by atoms with E-state index in [0.29, 0.717) is 0 Å². The lowest BCUT2D eigenvalue weighted by Crippen LogP contribution is -2.21. The van der Waals surface area contributed by atoms with Gasteiger partial charge in [0.05, 0.1) is 18.6 Å². The molecule has 0 fully saturated rings. The van der Waals surface area contributed by atoms with Crippen LogP contribution in [0.25, 0.3) is 10.1 Å². The second kappa shape index (κ2) is 5.59. The summed E-state index contributed by atoms with van der Waals surface area (Å²) in [4.78, 5) is 1.34. The third kappa shape index (κ3) is 2.57. The lowest BCUT2D eigenvalue weighted by molar-refractivity contribution is 0.550. The number of hydrogen-bond donors (Lipinski definition) is 1. The zero-order valence-electron chi connectivity index (χ0n) is 10.9. The maximum absolute atomic E-state index is 5.24. The molecule has 0 aliphatic carbocycles. The van der Waals surface area contributed by atoms with Crippen LogP contribution in [0.3, 0.4) is 0 Å². The van der Waals surface area contributed by atoms with E-state index < -0.39 is 0 Å². The highest BCUT2D eigenvalue weighted by atomic mass is 32.1. The van der Waals surface area contributed by atoms with Crippen LogP contribution in [-0.4, -0.2) is 6.54 Å². The first-order valence-electron chi connectivity index (χ1n) is 6.62. The second-order valence-electron chi connectivity index (χ2n) is 4.63. The molecule has 0 spiro atoms. The molecular weight excluding hydrogens is 254 g/mol. The average Bonchev–Trinajstić information content (AvgIpc) is 3.08. The minimum absolute atomic E-state index is 0.232. The lowest BCUT2D eigenvalue weighted by atomic mass is 10.1. The molecule has 1 N–H and O–H groups in total. The van der Waals surface area contributed by atoms with E-state index in [9.17, 15) is 0 Å². The van der Waals surface area contributed by atoms with Crippen LogP contribution in [0, 0.1) is 0 Å². The number of nitrogens with one attached hydrogen (secondary N) is 1. The molecule has 3 aromatic rings. The Morgan fingerprint density at radius 1 is 1.26 bits per heavy atom. The van der Waals surface area contributed by atoms with Crippen molar-refractivity contribution >= 4 is 21.4 Å². The first kappa shape index (κ1) is 12.5. The standard InChI is InChI=1S/C16H17NOS/c1-2-8-17-16(13-7-9-18-11-13)15-10-12-5-3-4-6-14(12)19-15/h3-7,9-11,16-17H,2,8H2,1H3. The number of rotatable bonds is 5. The molecule has 3 heteroatoms. The van der Waals surface area contributed by atoms with Gasteiger partial charge in [-0.25, -0.2) is 0 Å². The van der Waals surface area contributed by atoms with E-state index in [4.69, 9.17) is 4.42 Å². The molecule has 3 rings (SSSR count). The number of furan rings is 1. The van der Waals surface area contributed by atoms with E-state index >= 15 is 0 Å². The quantitative estimate of drug-likeness (QED) is 0.734. The summed E-state index contributed by atoms with van der Waals surface area (Å²) in [5, 5.41) is 4.91. The Kier molecular flexibility index (Phi) is 3.67. The Bertz CT molecular complexity index is 609. The Hall–Kier alpha value is -1.58. The summed E-state index contributed by atoms with van der Waals surface area (Å²) in [5.74, 6) is 0. The second-order valence-corrected chi connectivity index (χ2v) is 5.75. The minimum Gasteiger partial charge on any atom is -0.472 e. The smallest absolute Gasteiger partial charge is 0.0954 e. The van der Waals surface area contributed by atoms with Crippen LogP contribution in [0.5, 0.6) is 0 Å². The van der Waals surface area contributed by atoms with Gasteiger partial charge in [0.2, 0.25) is 0 Å². The molecule has 0 saturated carbocycles. The fraction of sp³-hybridized carbons (Fsp3) is 0.250. The molecule has 2 aromatic heterocycles. The predicted octanol–water partition coefficient (Wildman–Crippen LogP) is 4.58. The molecule has 1 unspecified atom stereocenters. The molecule has 0 aliphatic rings. The van der Waals surface area contributed by atoms with Crippen molar-refractivity contribution in [2.24, 2.45) is 0 Å². The first-order valence-corrected chi connectivity index (χ1v) is 7.44. The minimum atomic E-state index is 0.232. The van der Waals surface area contributed by atoms with Crippen molar-refractivity contribution in [1.29, 1.82) is 0 Å². The van der Waals surface area contributed by atoms with Gasteiger partial charge in [0.1, 0.15) is 0 Å². The van der Waals surface area contributed by atoms with E-state index in [1.807, 2.05) is 23.7 Å². The normalized spacial score (nSPS) is 12.9. The molecule has 0 radical (unpaired) electrons. The van der Waals surface area contributed by atoms with E-state index in [2.05, 4.69) is 42.6 Å². The van der Waals surface area contributed by atoms with Crippen LogP contribution in [0.4, 0.5) is 0 Å². The summed E-state index contributed by atoms with van der Waals surface area (Å²) in [5.41, 5.74) is 1.19. The van der Waals surface area contributed by atoms with Gasteiger partial charge in [-0.05, 0) is 36.6 Å². The number of thiophene rings is 1.